The zero-order chi connectivity index (χ0) is 11.5. The summed E-state index contributed by atoms with van der Waals surface area (Å²) in [4.78, 5) is 24.2. The number of carbonyl (C=O) groups excluding carboxylic acids is 2. The van der Waals surface area contributed by atoms with Gasteiger partial charge in [-0.2, -0.15) is 0 Å². The lowest BCUT2D eigenvalue weighted by atomic mass is 10.1. The third-order valence-electron chi connectivity index (χ3n) is 2.05. The maximum atomic E-state index is 11.4. The number of amides is 2. The zero-order valence-electron chi connectivity index (χ0n) is 9.50. The van der Waals surface area contributed by atoms with Gasteiger partial charge in [0.1, 0.15) is 0 Å². The highest BCUT2D eigenvalue weighted by Crippen LogP contribution is 2.17. The summed E-state index contributed by atoms with van der Waals surface area (Å²) in [6.45, 7) is 7.30. The van der Waals surface area contributed by atoms with Crippen LogP contribution >= 0.6 is 11.8 Å². The Bertz CT molecular complexity index is 245. The molecule has 0 aliphatic carbocycles. The van der Waals surface area contributed by atoms with E-state index in [9.17, 15) is 9.59 Å². The highest BCUT2D eigenvalue weighted by atomic mass is 32.2. The molecule has 1 heterocycles. The summed E-state index contributed by atoms with van der Waals surface area (Å²) in [6, 6.07) is 0. The predicted octanol–water partition coefficient (Wildman–Crippen LogP) is 1.46. The van der Waals surface area contributed by atoms with Gasteiger partial charge in [0.25, 0.3) is 5.24 Å². The van der Waals surface area contributed by atoms with E-state index in [0.29, 0.717) is 25.3 Å². The molecule has 15 heavy (non-hydrogen) atoms. The van der Waals surface area contributed by atoms with Gasteiger partial charge in [-0.1, -0.05) is 11.8 Å². The van der Waals surface area contributed by atoms with Gasteiger partial charge in [0, 0.05) is 30.8 Å². The molecule has 0 saturated carbocycles. The van der Waals surface area contributed by atoms with Crippen molar-refractivity contribution in [2.75, 3.05) is 18.8 Å². The van der Waals surface area contributed by atoms with E-state index in [0.717, 1.165) is 0 Å². The fourth-order valence-corrected chi connectivity index (χ4v) is 2.10. The molecule has 0 aromatic rings. The van der Waals surface area contributed by atoms with Crippen molar-refractivity contribution in [3.63, 3.8) is 0 Å². The molecule has 1 fully saturated rings. The first-order valence-corrected chi connectivity index (χ1v) is 6.11. The standard InChI is InChI=1S/C10H18N2O2S/c1-10(2,3)11-5-6-12-8(13)4-7-15-9(12)14/h11H,4-7H2,1-3H3. The van der Waals surface area contributed by atoms with Gasteiger partial charge in [-0.15, -0.1) is 0 Å². The quantitative estimate of drug-likeness (QED) is 0.797. The van der Waals surface area contributed by atoms with E-state index in [1.54, 1.807) is 0 Å². The third kappa shape index (κ3) is 4.22. The Morgan fingerprint density at radius 3 is 2.60 bits per heavy atom. The summed E-state index contributed by atoms with van der Waals surface area (Å²) in [6.07, 6.45) is 0.478. The molecular weight excluding hydrogens is 212 g/mol. The Balaban J connectivity index is 2.36. The molecule has 0 bridgehead atoms. The smallest absolute Gasteiger partial charge is 0.288 e. The summed E-state index contributed by atoms with van der Waals surface area (Å²) < 4.78 is 0. The Morgan fingerprint density at radius 1 is 1.40 bits per heavy atom. The SMILES string of the molecule is CC(C)(C)NCCN1C(=O)CCSC1=O. The van der Waals surface area contributed by atoms with Crippen LogP contribution in [0.2, 0.25) is 0 Å². The number of thioether (sulfide) groups is 1. The average molecular weight is 230 g/mol. The number of nitrogens with one attached hydrogen (secondary N) is 1. The molecule has 0 unspecified atom stereocenters. The van der Waals surface area contributed by atoms with Crippen LogP contribution in [0.5, 0.6) is 0 Å². The van der Waals surface area contributed by atoms with E-state index in [1.165, 1.54) is 16.7 Å². The van der Waals surface area contributed by atoms with Crippen LogP contribution in [-0.4, -0.2) is 40.4 Å². The van der Waals surface area contributed by atoms with Crippen molar-refractivity contribution >= 4 is 22.9 Å². The molecular formula is C10H18N2O2S. The van der Waals surface area contributed by atoms with Crippen LogP contribution in [-0.2, 0) is 4.79 Å². The Morgan fingerprint density at radius 2 is 2.07 bits per heavy atom. The highest BCUT2D eigenvalue weighted by molar-refractivity contribution is 8.13. The van der Waals surface area contributed by atoms with E-state index in [4.69, 9.17) is 0 Å². The first kappa shape index (κ1) is 12.5. The third-order valence-corrected chi connectivity index (χ3v) is 2.93. The second-order valence-corrected chi connectivity index (χ2v) is 5.63. The fourth-order valence-electron chi connectivity index (χ4n) is 1.30. The topological polar surface area (TPSA) is 49.4 Å². The Hall–Kier alpha value is -0.550. The molecule has 1 aliphatic heterocycles. The molecule has 0 atom stereocenters. The molecule has 4 nitrogen and oxygen atoms in total. The molecule has 0 aromatic carbocycles. The van der Waals surface area contributed by atoms with E-state index in [-0.39, 0.29) is 16.7 Å². The van der Waals surface area contributed by atoms with Crippen LogP contribution in [0.1, 0.15) is 27.2 Å². The first-order valence-electron chi connectivity index (χ1n) is 5.12. The molecule has 0 radical (unpaired) electrons. The minimum Gasteiger partial charge on any atom is -0.310 e. The van der Waals surface area contributed by atoms with E-state index < -0.39 is 0 Å². The van der Waals surface area contributed by atoms with E-state index >= 15 is 0 Å². The lowest BCUT2D eigenvalue weighted by Gasteiger charge is -2.26. The second kappa shape index (κ2) is 4.99. The lowest BCUT2D eigenvalue weighted by molar-refractivity contribution is -0.127. The van der Waals surface area contributed by atoms with Crippen LogP contribution in [0.3, 0.4) is 0 Å². The fraction of sp³-hybridized carbons (Fsp3) is 0.800. The number of imide groups is 1. The van der Waals surface area contributed by atoms with Crippen LogP contribution in [0.25, 0.3) is 0 Å². The van der Waals surface area contributed by atoms with Crippen molar-refractivity contribution in [1.29, 1.82) is 0 Å². The maximum Gasteiger partial charge on any atom is 0.288 e. The van der Waals surface area contributed by atoms with Crippen LogP contribution in [0.15, 0.2) is 0 Å². The van der Waals surface area contributed by atoms with E-state index in [1.807, 2.05) is 0 Å². The van der Waals surface area contributed by atoms with Gasteiger partial charge in [-0.05, 0) is 20.8 Å². The van der Waals surface area contributed by atoms with Crippen LogP contribution in [0, 0.1) is 0 Å². The molecule has 0 spiro atoms. The second-order valence-electron chi connectivity index (χ2n) is 4.59. The first-order chi connectivity index (χ1) is 6.90. The lowest BCUT2D eigenvalue weighted by Crippen LogP contribution is -2.45. The summed E-state index contributed by atoms with van der Waals surface area (Å²) >= 11 is 1.23. The van der Waals surface area contributed by atoms with Crippen molar-refractivity contribution in [3.05, 3.63) is 0 Å². The van der Waals surface area contributed by atoms with Gasteiger partial charge < -0.3 is 5.32 Å². The molecule has 0 aromatic heterocycles. The van der Waals surface area contributed by atoms with Gasteiger partial charge in [-0.3, -0.25) is 14.5 Å². The van der Waals surface area contributed by atoms with Gasteiger partial charge in [0.2, 0.25) is 5.91 Å². The van der Waals surface area contributed by atoms with Gasteiger partial charge in [0.15, 0.2) is 0 Å². The summed E-state index contributed by atoms with van der Waals surface area (Å²) in [5, 5.41) is 3.15. The number of nitrogens with zero attached hydrogens (tertiary/aromatic N) is 1. The van der Waals surface area contributed by atoms with Crippen LogP contribution in [0.4, 0.5) is 4.79 Å². The molecule has 1 rings (SSSR count). The van der Waals surface area contributed by atoms with E-state index in [2.05, 4.69) is 26.1 Å². The van der Waals surface area contributed by atoms with Crippen LogP contribution < -0.4 is 5.32 Å². The van der Waals surface area contributed by atoms with Crippen molar-refractivity contribution in [2.24, 2.45) is 0 Å². The van der Waals surface area contributed by atoms with Crippen molar-refractivity contribution in [1.82, 2.24) is 10.2 Å². The minimum atomic E-state index is -0.109. The normalized spacial score (nSPS) is 18.5. The number of hydrogen-bond acceptors (Lipinski definition) is 4. The van der Waals surface area contributed by atoms with Crippen molar-refractivity contribution in [3.8, 4) is 0 Å². The van der Waals surface area contributed by atoms with Gasteiger partial charge >= 0.3 is 0 Å². The van der Waals surface area contributed by atoms with Crippen molar-refractivity contribution in [2.45, 2.75) is 32.7 Å². The minimum absolute atomic E-state index is 0.0228. The number of rotatable bonds is 3. The monoisotopic (exact) mass is 230 g/mol. The molecule has 1 N–H and O–H groups in total. The predicted molar refractivity (Wildman–Crippen MR) is 61.9 cm³/mol. The zero-order valence-corrected chi connectivity index (χ0v) is 10.3. The molecule has 1 saturated heterocycles. The van der Waals surface area contributed by atoms with Crippen molar-refractivity contribution < 1.29 is 9.59 Å². The molecule has 2 amide bonds. The largest absolute Gasteiger partial charge is 0.310 e. The summed E-state index contributed by atoms with van der Waals surface area (Å²) in [5.74, 6) is 0.579. The number of hydrogen-bond donors (Lipinski definition) is 1. The highest BCUT2D eigenvalue weighted by Gasteiger charge is 2.26. The summed E-state index contributed by atoms with van der Waals surface area (Å²) in [5.41, 5.74) is 0.0228. The Kier molecular flexibility index (Phi) is 4.16. The molecule has 86 valence electrons. The average Bonchev–Trinajstić information content (AvgIpc) is 2.08. The molecule has 5 heteroatoms. The van der Waals surface area contributed by atoms with Gasteiger partial charge in [-0.25, -0.2) is 0 Å². The summed E-state index contributed by atoms with van der Waals surface area (Å²) in [7, 11) is 0. The number of carbonyl (C=O) groups is 2. The maximum absolute atomic E-state index is 11.4. The Labute approximate surface area is 94.8 Å². The van der Waals surface area contributed by atoms with Gasteiger partial charge in [0.05, 0.1) is 0 Å². The molecule has 1 aliphatic rings.